The van der Waals surface area contributed by atoms with Gasteiger partial charge in [0.15, 0.2) is 0 Å². The molecule has 1 amide bonds. The van der Waals surface area contributed by atoms with Crippen LogP contribution in [-0.2, 0) is 14.3 Å². The first-order chi connectivity index (χ1) is 9.86. The number of nitrogens with zero attached hydrogens (tertiary/aromatic N) is 1. The molecule has 1 unspecified atom stereocenters. The highest BCUT2D eigenvalue weighted by Crippen LogP contribution is 2.31. The number of amides is 1. The Bertz CT molecular complexity index is 354. The predicted molar refractivity (Wildman–Crippen MR) is 80.1 cm³/mol. The van der Waals surface area contributed by atoms with Gasteiger partial charge in [-0.25, -0.2) is 0 Å². The third-order valence-electron chi connectivity index (χ3n) is 4.37. The summed E-state index contributed by atoms with van der Waals surface area (Å²) in [6, 6.07) is 0. The minimum Gasteiger partial charge on any atom is -0.481 e. The molecule has 2 N–H and O–H groups in total. The molecule has 1 heterocycles. The van der Waals surface area contributed by atoms with Crippen molar-refractivity contribution < 1.29 is 19.4 Å². The Morgan fingerprint density at radius 1 is 1.33 bits per heavy atom. The average Bonchev–Trinajstić information content (AvgIpc) is 2.44. The molecule has 0 aromatic carbocycles. The normalized spacial score (nSPS) is 19.2. The van der Waals surface area contributed by atoms with Crippen LogP contribution in [0.1, 0.15) is 33.6 Å². The number of carboxylic acid groups (broad SMARTS) is 1. The van der Waals surface area contributed by atoms with Crippen LogP contribution in [0, 0.1) is 11.3 Å². The fraction of sp³-hybridized carbons (Fsp3) is 0.867. The second kappa shape index (κ2) is 8.34. The van der Waals surface area contributed by atoms with Gasteiger partial charge in [-0.05, 0) is 25.8 Å². The van der Waals surface area contributed by atoms with E-state index in [1.807, 2.05) is 13.8 Å². The molecule has 0 saturated carbocycles. The van der Waals surface area contributed by atoms with Gasteiger partial charge >= 0.3 is 5.97 Å². The minimum atomic E-state index is -1.01. The van der Waals surface area contributed by atoms with E-state index in [1.54, 1.807) is 6.92 Å². The number of carbonyl (C=O) groups excluding carboxylic acids is 1. The highest BCUT2D eigenvalue weighted by Gasteiger charge is 2.38. The molecule has 0 aromatic rings. The van der Waals surface area contributed by atoms with Crippen LogP contribution in [0.25, 0.3) is 0 Å². The molecule has 21 heavy (non-hydrogen) atoms. The monoisotopic (exact) mass is 300 g/mol. The fourth-order valence-electron chi connectivity index (χ4n) is 2.28. The SMILES string of the molecule is CC(C)C(C)(CC(=O)NCCCN1CCOCC1)C(=O)O. The predicted octanol–water partition coefficient (Wildman–Crippen LogP) is 0.962. The Morgan fingerprint density at radius 2 is 1.95 bits per heavy atom. The fourth-order valence-corrected chi connectivity index (χ4v) is 2.28. The molecular formula is C15H28N2O4. The number of ether oxygens (including phenoxy) is 1. The van der Waals surface area contributed by atoms with Crippen molar-refractivity contribution in [2.75, 3.05) is 39.4 Å². The van der Waals surface area contributed by atoms with Gasteiger partial charge in [0.05, 0.1) is 18.6 Å². The van der Waals surface area contributed by atoms with Crippen molar-refractivity contribution in [1.82, 2.24) is 10.2 Å². The molecular weight excluding hydrogens is 272 g/mol. The summed E-state index contributed by atoms with van der Waals surface area (Å²) < 4.78 is 5.28. The van der Waals surface area contributed by atoms with Crippen molar-refractivity contribution in [2.24, 2.45) is 11.3 Å². The summed E-state index contributed by atoms with van der Waals surface area (Å²) in [6.07, 6.45) is 0.898. The number of aliphatic carboxylic acids is 1. The first kappa shape index (κ1) is 17.9. The largest absolute Gasteiger partial charge is 0.481 e. The Hall–Kier alpha value is -1.14. The number of hydrogen-bond donors (Lipinski definition) is 2. The number of morpholine rings is 1. The molecule has 1 atom stereocenters. The maximum absolute atomic E-state index is 11.9. The number of nitrogens with one attached hydrogen (secondary N) is 1. The van der Waals surface area contributed by atoms with Gasteiger partial charge in [-0.2, -0.15) is 0 Å². The molecule has 1 rings (SSSR count). The molecule has 122 valence electrons. The standard InChI is InChI=1S/C15H28N2O4/c1-12(2)15(3,14(19)20)11-13(18)16-5-4-6-17-7-9-21-10-8-17/h12H,4-11H2,1-3H3,(H,16,18)(H,19,20). The highest BCUT2D eigenvalue weighted by molar-refractivity contribution is 5.84. The van der Waals surface area contributed by atoms with Crippen LogP contribution < -0.4 is 5.32 Å². The van der Waals surface area contributed by atoms with E-state index in [0.29, 0.717) is 6.54 Å². The molecule has 0 spiro atoms. The van der Waals surface area contributed by atoms with Crippen LogP contribution in [0.5, 0.6) is 0 Å². The molecule has 1 fully saturated rings. The summed E-state index contributed by atoms with van der Waals surface area (Å²) in [5, 5.41) is 12.1. The Labute approximate surface area is 126 Å². The van der Waals surface area contributed by atoms with E-state index in [2.05, 4.69) is 10.2 Å². The van der Waals surface area contributed by atoms with Crippen LogP contribution in [0.2, 0.25) is 0 Å². The molecule has 1 aliphatic heterocycles. The van der Waals surface area contributed by atoms with Crippen molar-refractivity contribution in [3.05, 3.63) is 0 Å². The van der Waals surface area contributed by atoms with Gasteiger partial charge in [0.2, 0.25) is 5.91 Å². The van der Waals surface area contributed by atoms with Gasteiger partial charge in [-0.15, -0.1) is 0 Å². The summed E-state index contributed by atoms with van der Waals surface area (Å²) >= 11 is 0. The van der Waals surface area contributed by atoms with E-state index in [4.69, 9.17) is 4.74 Å². The van der Waals surface area contributed by atoms with Gasteiger partial charge in [-0.1, -0.05) is 13.8 Å². The van der Waals surface area contributed by atoms with Crippen LogP contribution in [0.4, 0.5) is 0 Å². The molecule has 0 aliphatic carbocycles. The molecule has 6 heteroatoms. The summed E-state index contributed by atoms with van der Waals surface area (Å²) in [6.45, 7) is 10.3. The Kier molecular flexibility index (Phi) is 7.11. The van der Waals surface area contributed by atoms with E-state index < -0.39 is 11.4 Å². The maximum Gasteiger partial charge on any atom is 0.310 e. The molecule has 0 aromatic heterocycles. The maximum atomic E-state index is 11.9. The lowest BCUT2D eigenvalue weighted by atomic mass is 9.76. The Balaban J connectivity index is 2.25. The lowest BCUT2D eigenvalue weighted by molar-refractivity contribution is -0.153. The molecule has 0 bridgehead atoms. The smallest absolute Gasteiger partial charge is 0.310 e. The van der Waals surface area contributed by atoms with Crippen LogP contribution >= 0.6 is 0 Å². The topological polar surface area (TPSA) is 78.9 Å². The lowest BCUT2D eigenvalue weighted by Gasteiger charge is -2.28. The van der Waals surface area contributed by atoms with E-state index in [-0.39, 0.29) is 18.2 Å². The quantitative estimate of drug-likeness (QED) is 0.653. The van der Waals surface area contributed by atoms with Crippen LogP contribution in [0.15, 0.2) is 0 Å². The summed E-state index contributed by atoms with van der Waals surface area (Å²) in [5.41, 5.74) is -1.01. The number of rotatable bonds is 8. The first-order valence-electron chi connectivity index (χ1n) is 7.66. The number of hydrogen-bond acceptors (Lipinski definition) is 4. The van der Waals surface area contributed by atoms with E-state index >= 15 is 0 Å². The van der Waals surface area contributed by atoms with Gasteiger partial charge in [0.1, 0.15) is 0 Å². The summed E-state index contributed by atoms with van der Waals surface area (Å²) in [5.74, 6) is -1.19. The second-order valence-corrected chi connectivity index (χ2v) is 6.21. The zero-order valence-corrected chi connectivity index (χ0v) is 13.4. The van der Waals surface area contributed by atoms with Crippen LogP contribution in [0.3, 0.4) is 0 Å². The average molecular weight is 300 g/mol. The zero-order chi connectivity index (χ0) is 15.9. The van der Waals surface area contributed by atoms with Crippen molar-refractivity contribution in [1.29, 1.82) is 0 Å². The first-order valence-corrected chi connectivity index (χ1v) is 7.66. The van der Waals surface area contributed by atoms with E-state index in [9.17, 15) is 14.7 Å². The molecule has 6 nitrogen and oxygen atoms in total. The third-order valence-corrected chi connectivity index (χ3v) is 4.37. The zero-order valence-electron chi connectivity index (χ0n) is 13.4. The number of carboxylic acids is 1. The van der Waals surface area contributed by atoms with Crippen molar-refractivity contribution in [2.45, 2.75) is 33.6 Å². The van der Waals surface area contributed by atoms with E-state index in [0.717, 1.165) is 39.3 Å². The van der Waals surface area contributed by atoms with E-state index in [1.165, 1.54) is 0 Å². The minimum absolute atomic E-state index is 0.0254. The van der Waals surface area contributed by atoms with Gasteiger partial charge < -0.3 is 15.2 Å². The summed E-state index contributed by atoms with van der Waals surface area (Å²) in [4.78, 5) is 25.6. The highest BCUT2D eigenvalue weighted by atomic mass is 16.5. The summed E-state index contributed by atoms with van der Waals surface area (Å²) in [7, 11) is 0. The van der Waals surface area contributed by atoms with Crippen molar-refractivity contribution in [3.63, 3.8) is 0 Å². The molecule has 0 radical (unpaired) electrons. The molecule has 1 saturated heterocycles. The van der Waals surface area contributed by atoms with Crippen molar-refractivity contribution >= 4 is 11.9 Å². The molecule has 1 aliphatic rings. The lowest BCUT2D eigenvalue weighted by Crippen LogP contribution is -2.40. The third kappa shape index (κ3) is 5.63. The van der Waals surface area contributed by atoms with Crippen molar-refractivity contribution in [3.8, 4) is 0 Å². The number of carbonyl (C=O) groups is 2. The second-order valence-electron chi connectivity index (χ2n) is 6.21. The van der Waals surface area contributed by atoms with Crippen LogP contribution in [-0.4, -0.2) is 61.3 Å². The Morgan fingerprint density at radius 3 is 2.48 bits per heavy atom. The van der Waals surface area contributed by atoms with Gasteiger partial charge in [-0.3, -0.25) is 14.5 Å². The van der Waals surface area contributed by atoms with Gasteiger partial charge in [0.25, 0.3) is 0 Å². The van der Waals surface area contributed by atoms with Gasteiger partial charge in [0, 0.05) is 26.1 Å².